The van der Waals surface area contributed by atoms with E-state index in [1.165, 1.54) is 0 Å². The van der Waals surface area contributed by atoms with Crippen LogP contribution in [-0.2, 0) is 6.54 Å². The molecule has 0 saturated carbocycles. The third-order valence-corrected chi connectivity index (χ3v) is 3.32. The molecule has 3 N–H and O–H groups in total. The molecular weight excluding hydrogens is 288 g/mol. The zero-order valence-electron chi connectivity index (χ0n) is 12.9. The molecule has 0 saturated heterocycles. The SMILES string of the molecule is Cc1cccc(NC(N)=NCc2cc(-c3ccccc3)on2)c1. The van der Waals surface area contributed by atoms with Gasteiger partial charge in [-0.3, -0.25) is 0 Å². The number of rotatable bonds is 4. The van der Waals surface area contributed by atoms with Gasteiger partial charge in [0.1, 0.15) is 5.69 Å². The number of aromatic nitrogens is 1. The topological polar surface area (TPSA) is 76.4 Å². The normalized spacial score (nSPS) is 11.4. The third kappa shape index (κ3) is 3.97. The van der Waals surface area contributed by atoms with E-state index in [4.69, 9.17) is 10.3 Å². The molecule has 0 fully saturated rings. The fourth-order valence-corrected chi connectivity index (χ4v) is 2.20. The van der Waals surface area contributed by atoms with Gasteiger partial charge in [0, 0.05) is 17.3 Å². The molecule has 1 aromatic heterocycles. The number of aryl methyl sites for hydroxylation is 1. The molecular formula is C18H18N4O. The highest BCUT2D eigenvalue weighted by atomic mass is 16.5. The number of hydrogen-bond donors (Lipinski definition) is 2. The van der Waals surface area contributed by atoms with Crippen molar-refractivity contribution in [1.29, 1.82) is 0 Å². The van der Waals surface area contributed by atoms with Crippen molar-refractivity contribution in [3.8, 4) is 11.3 Å². The molecule has 116 valence electrons. The number of aliphatic imine (C=N–C) groups is 1. The zero-order chi connectivity index (χ0) is 16.1. The van der Waals surface area contributed by atoms with Crippen molar-refractivity contribution < 1.29 is 4.52 Å². The first-order valence-corrected chi connectivity index (χ1v) is 7.35. The number of nitrogens with one attached hydrogen (secondary N) is 1. The van der Waals surface area contributed by atoms with E-state index in [1.807, 2.05) is 67.6 Å². The van der Waals surface area contributed by atoms with Crippen LogP contribution in [0.5, 0.6) is 0 Å². The second kappa shape index (κ2) is 6.79. The van der Waals surface area contributed by atoms with Crippen LogP contribution in [0.1, 0.15) is 11.3 Å². The Balaban J connectivity index is 1.64. The van der Waals surface area contributed by atoms with Gasteiger partial charge in [-0.05, 0) is 24.6 Å². The maximum atomic E-state index is 5.90. The molecule has 0 bridgehead atoms. The predicted molar refractivity (Wildman–Crippen MR) is 92.1 cm³/mol. The molecule has 0 spiro atoms. The Morgan fingerprint density at radius 3 is 2.74 bits per heavy atom. The lowest BCUT2D eigenvalue weighted by Gasteiger charge is -2.05. The summed E-state index contributed by atoms with van der Waals surface area (Å²) in [6.07, 6.45) is 0. The Bertz CT molecular complexity index is 809. The predicted octanol–water partition coefficient (Wildman–Crippen LogP) is 3.58. The quantitative estimate of drug-likeness (QED) is 0.570. The first-order valence-electron chi connectivity index (χ1n) is 7.35. The summed E-state index contributed by atoms with van der Waals surface area (Å²) in [5.41, 5.74) is 9.70. The Morgan fingerprint density at radius 1 is 1.13 bits per heavy atom. The van der Waals surface area contributed by atoms with Gasteiger partial charge in [0.15, 0.2) is 11.7 Å². The molecule has 23 heavy (non-hydrogen) atoms. The van der Waals surface area contributed by atoms with Gasteiger partial charge >= 0.3 is 0 Å². The Morgan fingerprint density at radius 2 is 1.96 bits per heavy atom. The van der Waals surface area contributed by atoms with E-state index < -0.39 is 0 Å². The van der Waals surface area contributed by atoms with Gasteiger partial charge in [-0.25, -0.2) is 4.99 Å². The summed E-state index contributed by atoms with van der Waals surface area (Å²) >= 11 is 0. The van der Waals surface area contributed by atoms with Gasteiger partial charge < -0.3 is 15.6 Å². The maximum absolute atomic E-state index is 5.90. The van der Waals surface area contributed by atoms with Gasteiger partial charge in [-0.2, -0.15) is 0 Å². The van der Waals surface area contributed by atoms with Crippen LogP contribution >= 0.6 is 0 Å². The summed E-state index contributed by atoms with van der Waals surface area (Å²) in [5, 5.41) is 7.08. The van der Waals surface area contributed by atoms with Crippen molar-refractivity contribution in [3.05, 3.63) is 71.9 Å². The van der Waals surface area contributed by atoms with Crippen LogP contribution in [0.25, 0.3) is 11.3 Å². The summed E-state index contributed by atoms with van der Waals surface area (Å²) < 4.78 is 5.34. The minimum atomic E-state index is 0.347. The number of nitrogens with two attached hydrogens (primary N) is 1. The van der Waals surface area contributed by atoms with Crippen LogP contribution in [0.3, 0.4) is 0 Å². The molecule has 3 rings (SSSR count). The zero-order valence-corrected chi connectivity index (χ0v) is 12.9. The Labute approximate surface area is 134 Å². The van der Waals surface area contributed by atoms with Crippen molar-refractivity contribution in [2.45, 2.75) is 13.5 Å². The summed E-state index contributed by atoms with van der Waals surface area (Å²) in [6.45, 7) is 2.39. The first-order chi connectivity index (χ1) is 11.2. The van der Waals surface area contributed by atoms with Crippen molar-refractivity contribution >= 4 is 11.6 Å². The molecule has 0 unspecified atom stereocenters. The summed E-state index contributed by atoms with van der Waals surface area (Å²) in [4.78, 5) is 4.29. The number of benzene rings is 2. The van der Waals surface area contributed by atoms with Crippen LogP contribution in [-0.4, -0.2) is 11.1 Å². The van der Waals surface area contributed by atoms with E-state index in [9.17, 15) is 0 Å². The first kappa shape index (κ1) is 14.8. The molecule has 5 heteroatoms. The van der Waals surface area contributed by atoms with Crippen molar-refractivity contribution in [2.75, 3.05) is 5.32 Å². The molecule has 2 aromatic carbocycles. The number of guanidine groups is 1. The fourth-order valence-electron chi connectivity index (χ4n) is 2.20. The molecule has 0 aliphatic rings. The lowest BCUT2D eigenvalue weighted by atomic mass is 10.2. The molecule has 3 aromatic rings. The molecule has 5 nitrogen and oxygen atoms in total. The van der Waals surface area contributed by atoms with E-state index in [1.54, 1.807) is 0 Å². The lowest BCUT2D eigenvalue weighted by Crippen LogP contribution is -2.22. The summed E-state index contributed by atoms with van der Waals surface area (Å²) in [7, 11) is 0. The van der Waals surface area contributed by atoms with Crippen LogP contribution in [0.2, 0.25) is 0 Å². The van der Waals surface area contributed by atoms with E-state index in [0.717, 1.165) is 28.3 Å². The molecule has 0 atom stereocenters. The van der Waals surface area contributed by atoms with Crippen molar-refractivity contribution in [2.24, 2.45) is 10.7 Å². The molecule has 0 aliphatic heterocycles. The second-order valence-corrected chi connectivity index (χ2v) is 5.24. The van der Waals surface area contributed by atoms with Gasteiger partial charge in [-0.1, -0.05) is 47.6 Å². The van der Waals surface area contributed by atoms with Crippen molar-refractivity contribution in [3.63, 3.8) is 0 Å². The maximum Gasteiger partial charge on any atom is 0.193 e. The van der Waals surface area contributed by atoms with Gasteiger partial charge in [-0.15, -0.1) is 0 Å². The lowest BCUT2D eigenvalue weighted by molar-refractivity contribution is 0.424. The van der Waals surface area contributed by atoms with E-state index in [-0.39, 0.29) is 0 Å². The highest BCUT2D eigenvalue weighted by molar-refractivity contribution is 5.92. The van der Waals surface area contributed by atoms with Crippen LogP contribution < -0.4 is 11.1 Å². The number of anilines is 1. The van der Waals surface area contributed by atoms with Crippen LogP contribution in [0.4, 0.5) is 5.69 Å². The van der Waals surface area contributed by atoms with Crippen LogP contribution in [0, 0.1) is 6.92 Å². The smallest absolute Gasteiger partial charge is 0.193 e. The minimum Gasteiger partial charge on any atom is -0.370 e. The minimum absolute atomic E-state index is 0.347. The average molecular weight is 306 g/mol. The summed E-state index contributed by atoms with van der Waals surface area (Å²) in [6, 6.07) is 19.6. The molecule has 0 amide bonds. The van der Waals surface area contributed by atoms with Crippen LogP contribution in [0.15, 0.2) is 70.2 Å². The monoisotopic (exact) mass is 306 g/mol. The molecule has 1 heterocycles. The number of hydrogen-bond acceptors (Lipinski definition) is 3. The highest BCUT2D eigenvalue weighted by Gasteiger charge is 2.06. The largest absolute Gasteiger partial charge is 0.370 e. The number of nitrogens with zero attached hydrogens (tertiary/aromatic N) is 2. The average Bonchev–Trinajstić information content (AvgIpc) is 3.03. The second-order valence-electron chi connectivity index (χ2n) is 5.24. The summed E-state index contributed by atoms with van der Waals surface area (Å²) in [5.74, 6) is 1.07. The molecule has 0 aliphatic carbocycles. The third-order valence-electron chi connectivity index (χ3n) is 3.32. The van der Waals surface area contributed by atoms with Gasteiger partial charge in [0.25, 0.3) is 0 Å². The van der Waals surface area contributed by atoms with E-state index in [2.05, 4.69) is 15.5 Å². The Kier molecular flexibility index (Phi) is 4.38. The molecule has 0 radical (unpaired) electrons. The van der Waals surface area contributed by atoms with E-state index >= 15 is 0 Å². The van der Waals surface area contributed by atoms with E-state index in [0.29, 0.717) is 12.5 Å². The Hall–Kier alpha value is -3.08. The van der Waals surface area contributed by atoms with Gasteiger partial charge in [0.05, 0.1) is 6.54 Å². The van der Waals surface area contributed by atoms with Gasteiger partial charge in [0.2, 0.25) is 0 Å². The standard InChI is InChI=1S/C18H18N4O/c1-13-6-5-9-15(10-13)21-18(19)20-12-16-11-17(23-22-16)14-7-3-2-4-8-14/h2-11H,12H2,1H3,(H3,19,20,21). The fraction of sp³-hybridized carbons (Fsp3) is 0.111. The highest BCUT2D eigenvalue weighted by Crippen LogP contribution is 2.20. The van der Waals surface area contributed by atoms with Crippen molar-refractivity contribution in [1.82, 2.24) is 5.16 Å².